The van der Waals surface area contributed by atoms with Crippen LogP contribution in [0, 0.1) is 0 Å². The number of nitrogens with zero attached hydrogens (tertiary/aromatic N) is 2. The van der Waals surface area contributed by atoms with Crippen LogP contribution in [0.25, 0.3) is 0 Å². The van der Waals surface area contributed by atoms with E-state index < -0.39 is 47.4 Å². The van der Waals surface area contributed by atoms with Gasteiger partial charge in [0.05, 0.1) is 6.61 Å². The lowest BCUT2D eigenvalue weighted by atomic mass is 10.1. The predicted molar refractivity (Wildman–Crippen MR) is 145 cm³/mol. The first kappa shape index (κ1) is 29.5. The topological polar surface area (TPSA) is 118 Å². The molecule has 3 rings (SSSR count). The quantitative estimate of drug-likeness (QED) is 0.495. The minimum Gasteiger partial charge on any atom is -0.413 e. The van der Waals surface area contributed by atoms with Crippen LogP contribution in [0.5, 0.6) is 0 Å². The second-order valence-corrected chi connectivity index (χ2v) is 24.1. The van der Waals surface area contributed by atoms with E-state index in [-0.39, 0.29) is 32.6 Å². The third-order valence-electron chi connectivity index (χ3n) is 7.42. The first-order chi connectivity index (χ1) is 16.1. The molecule has 0 radical (unpaired) electrons. The van der Waals surface area contributed by atoms with Gasteiger partial charge in [0.1, 0.15) is 24.1 Å². The highest BCUT2D eigenvalue weighted by Gasteiger charge is 2.71. The molecule has 3 N–H and O–H groups in total. The zero-order valence-corrected chi connectivity index (χ0v) is 26.1. The van der Waals surface area contributed by atoms with Gasteiger partial charge in [0.2, 0.25) is 0 Å². The lowest BCUT2D eigenvalue weighted by Crippen LogP contribution is -2.72. The van der Waals surface area contributed by atoms with Crippen molar-refractivity contribution in [2.75, 3.05) is 12.3 Å². The van der Waals surface area contributed by atoms with Crippen molar-refractivity contribution in [3.8, 4) is 0 Å². The van der Waals surface area contributed by atoms with Crippen LogP contribution in [0.3, 0.4) is 0 Å². The Kier molecular flexibility index (Phi) is 7.36. The van der Waals surface area contributed by atoms with E-state index >= 15 is 0 Å². The Morgan fingerprint density at radius 1 is 0.944 bits per heavy atom. The minimum absolute atomic E-state index is 0.112. The first-order valence-electron chi connectivity index (χ1n) is 12.8. The number of anilines is 1. The Labute approximate surface area is 218 Å². The number of hydrogen-bond acceptors (Lipinski definition) is 8. The van der Waals surface area contributed by atoms with E-state index in [2.05, 4.69) is 88.1 Å². The van der Waals surface area contributed by atoms with Crippen molar-refractivity contribution in [1.29, 1.82) is 0 Å². The average molecular weight is 542 g/mol. The second kappa shape index (κ2) is 8.99. The molecule has 2 fully saturated rings. The molecule has 0 spiro atoms. The van der Waals surface area contributed by atoms with Crippen LogP contribution in [0.4, 0.5) is 5.82 Å². The standard InChI is InChI=1S/C25H47N3O6Si2/c1-22(2,3)35(23(4,5)6)31-15-16-19(33-36(34-35,24(7,8)9)25(10,11)12)18(29)20(32-16)28-14-13-17(26)27-21(28)30/h13-14,16,18-20,29H,15H2,1-12H3,(H2,26,27,30)/t16-,18+,19-,20-/m1/s1. The molecule has 0 aliphatic carbocycles. The van der Waals surface area contributed by atoms with Crippen LogP contribution >= 0.6 is 0 Å². The number of nitrogen functional groups attached to an aromatic ring is 1. The fraction of sp³-hybridized carbons (Fsp3) is 0.840. The first-order valence-corrected chi connectivity index (χ1v) is 16.4. The molecule has 0 bridgehead atoms. The normalized spacial score (nSPS) is 29.4. The van der Waals surface area contributed by atoms with Gasteiger partial charge < -0.3 is 28.5 Å². The van der Waals surface area contributed by atoms with Crippen molar-refractivity contribution >= 4 is 22.9 Å². The van der Waals surface area contributed by atoms with Gasteiger partial charge in [-0.3, -0.25) is 4.57 Å². The summed E-state index contributed by atoms with van der Waals surface area (Å²) < 4.78 is 29.2. The highest BCUT2D eigenvalue weighted by atomic mass is 28.5. The van der Waals surface area contributed by atoms with Crippen LogP contribution in [0.2, 0.25) is 20.2 Å². The van der Waals surface area contributed by atoms with Gasteiger partial charge in [0.25, 0.3) is 0 Å². The summed E-state index contributed by atoms with van der Waals surface area (Å²) in [5.74, 6) is 0.112. The summed E-state index contributed by atoms with van der Waals surface area (Å²) in [5, 5.41) is 10.2. The summed E-state index contributed by atoms with van der Waals surface area (Å²) >= 11 is 0. The number of aliphatic hydroxyl groups is 1. The molecule has 2 aliphatic rings. The van der Waals surface area contributed by atoms with E-state index in [9.17, 15) is 9.90 Å². The van der Waals surface area contributed by atoms with E-state index in [0.717, 1.165) is 0 Å². The molecule has 2 aliphatic heterocycles. The van der Waals surface area contributed by atoms with Gasteiger partial charge in [0, 0.05) is 26.3 Å². The van der Waals surface area contributed by atoms with Gasteiger partial charge in [-0.2, -0.15) is 4.98 Å². The number of aromatic nitrogens is 2. The van der Waals surface area contributed by atoms with E-state index in [1.807, 2.05) is 0 Å². The van der Waals surface area contributed by atoms with Crippen LogP contribution in [-0.2, 0) is 17.7 Å². The van der Waals surface area contributed by atoms with Gasteiger partial charge >= 0.3 is 22.8 Å². The molecule has 11 heteroatoms. The smallest absolute Gasteiger partial charge is 0.351 e. The molecule has 9 nitrogen and oxygen atoms in total. The molecule has 2 saturated heterocycles. The van der Waals surface area contributed by atoms with Crippen molar-refractivity contribution in [2.45, 2.75) is 128 Å². The summed E-state index contributed by atoms with van der Waals surface area (Å²) in [6, 6.07) is 1.51. The Bertz CT molecular complexity index is 991. The number of ether oxygens (including phenoxy) is 1. The van der Waals surface area contributed by atoms with E-state index in [0.29, 0.717) is 0 Å². The Balaban J connectivity index is 2.23. The molecule has 0 unspecified atom stereocenters. The van der Waals surface area contributed by atoms with Gasteiger partial charge in [0.15, 0.2) is 6.23 Å². The highest BCUT2D eigenvalue weighted by molar-refractivity contribution is 6.86. The maximum Gasteiger partial charge on any atom is 0.351 e. The largest absolute Gasteiger partial charge is 0.413 e. The number of hydrogen-bond donors (Lipinski definition) is 2. The summed E-state index contributed by atoms with van der Waals surface area (Å²) in [4.78, 5) is 16.4. The molecular formula is C25H47N3O6Si2. The Morgan fingerprint density at radius 3 is 1.89 bits per heavy atom. The molecule has 1 aromatic rings. The monoisotopic (exact) mass is 541 g/mol. The number of nitrogens with two attached hydrogens (primary N) is 1. The van der Waals surface area contributed by atoms with Gasteiger partial charge in [-0.25, -0.2) is 4.79 Å². The summed E-state index contributed by atoms with van der Waals surface area (Å²) in [5.41, 5.74) is 5.09. The molecule has 206 valence electrons. The summed E-state index contributed by atoms with van der Waals surface area (Å²) in [7, 11) is -6.28. The van der Waals surface area contributed by atoms with Gasteiger partial charge in [-0.05, 0) is 6.07 Å². The highest BCUT2D eigenvalue weighted by Crippen LogP contribution is 2.62. The minimum atomic E-state index is -3.23. The Morgan fingerprint density at radius 2 is 1.44 bits per heavy atom. The third-order valence-corrected chi connectivity index (χ3v) is 18.8. The fourth-order valence-electron chi connectivity index (χ4n) is 6.14. The summed E-state index contributed by atoms with van der Waals surface area (Å²) in [6.07, 6.45) is -1.94. The predicted octanol–water partition coefficient (Wildman–Crippen LogP) is 4.60. The number of rotatable bonds is 1. The molecule has 1 aromatic heterocycles. The molecular weight excluding hydrogens is 494 g/mol. The number of fused-ring (bicyclic) bond motifs is 1. The zero-order chi connectivity index (χ0) is 27.7. The molecule has 36 heavy (non-hydrogen) atoms. The van der Waals surface area contributed by atoms with Crippen molar-refractivity contribution < 1.29 is 22.8 Å². The van der Waals surface area contributed by atoms with Gasteiger partial charge in [-0.15, -0.1) is 0 Å². The number of aliphatic hydroxyl groups excluding tert-OH is 1. The lowest BCUT2D eigenvalue weighted by Gasteiger charge is -2.60. The lowest BCUT2D eigenvalue weighted by molar-refractivity contribution is -0.0636. The average Bonchev–Trinajstić information content (AvgIpc) is 2.92. The van der Waals surface area contributed by atoms with Crippen LogP contribution in [0.15, 0.2) is 17.1 Å². The van der Waals surface area contributed by atoms with E-state index in [1.165, 1.54) is 16.8 Å². The van der Waals surface area contributed by atoms with Crippen molar-refractivity contribution in [3.05, 3.63) is 22.7 Å². The van der Waals surface area contributed by atoms with Gasteiger partial charge in [-0.1, -0.05) is 83.1 Å². The molecule has 0 aromatic carbocycles. The molecule has 4 atom stereocenters. The summed E-state index contributed by atoms with van der Waals surface area (Å²) in [6.45, 7) is 26.2. The van der Waals surface area contributed by atoms with Crippen LogP contribution < -0.4 is 11.4 Å². The van der Waals surface area contributed by atoms with E-state index in [4.69, 9.17) is 23.4 Å². The maximum absolute atomic E-state index is 12.6. The second-order valence-electron chi connectivity index (χ2n) is 14.3. The fourth-order valence-corrected chi connectivity index (χ4v) is 20.2. The zero-order valence-electron chi connectivity index (χ0n) is 24.1. The van der Waals surface area contributed by atoms with Crippen molar-refractivity contribution in [1.82, 2.24) is 9.55 Å². The SMILES string of the molecule is CC(C)(C)[Si]1(C(C)(C)C)OC[C@H]2O[C@@H](n3ccc(N)nc3=O)[C@@H](O)[C@@H]2O[Si](C(C)(C)C)(C(C)(C)C)O1. The molecule has 0 amide bonds. The molecule has 0 saturated carbocycles. The van der Waals surface area contributed by atoms with Crippen molar-refractivity contribution in [2.24, 2.45) is 0 Å². The van der Waals surface area contributed by atoms with Crippen LogP contribution in [-0.4, -0.2) is 56.7 Å². The molecule has 3 heterocycles. The van der Waals surface area contributed by atoms with Crippen molar-refractivity contribution in [3.63, 3.8) is 0 Å². The third kappa shape index (κ3) is 4.65. The van der Waals surface area contributed by atoms with Crippen LogP contribution in [0.1, 0.15) is 89.3 Å². The maximum atomic E-state index is 12.6. The Hall–Kier alpha value is -1.09. The van der Waals surface area contributed by atoms with E-state index in [1.54, 1.807) is 0 Å².